The second kappa shape index (κ2) is 10.3. The fourth-order valence-corrected chi connectivity index (χ4v) is 5.70. The summed E-state index contributed by atoms with van der Waals surface area (Å²) in [5.74, 6) is 0.814. The van der Waals surface area contributed by atoms with Crippen LogP contribution in [0.25, 0.3) is 12.2 Å². The van der Waals surface area contributed by atoms with Crippen molar-refractivity contribution in [1.29, 1.82) is 0 Å². The molecule has 1 N–H and O–H groups in total. The van der Waals surface area contributed by atoms with Gasteiger partial charge in [0.25, 0.3) is 0 Å². The highest BCUT2D eigenvalue weighted by molar-refractivity contribution is 7.89. The number of rotatable bonds is 8. The van der Waals surface area contributed by atoms with Gasteiger partial charge in [-0.1, -0.05) is 17.3 Å². The minimum absolute atomic E-state index is 0.00889. The van der Waals surface area contributed by atoms with E-state index in [0.29, 0.717) is 31.7 Å². The van der Waals surface area contributed by atoms with Gasteiger partial charge in [-0.3, -0.25) is 4.79 Å². The molecule has 0 aliphatic carbocycles. The summed E-state index contributed by atoms with van der Waals surface area (Å²) in [5.41, 5.74) is 1.20. The normalized spacial score (nSPS) is 17.2. The number of amides is 1. The second-order valence-electron chi connectivity index (χ2n) is 8.08. The number of aryl methyl sites for hydroxylation is 1. The van der Waals surface area contributed by atoms with Crippen LogP contribution in [0.5, 0.6) is 5.75 Å². The summed E-state index contributed by atoms with van der Waals surface area (Å²) in [6.45, 7) is 2.38. The Morgan fingerprint density at radius 3 is 2.76 bits per heavy atom. The number of furan rings is 1. The van der Waals surface area contributed by atoms with E-state index in [0.717, 1.165) is 11.3 Å². The lowest BCUT2D eigenvalue weighted by atomic mass is 9.99. The molecule has 1 aliphatic heterocycles. The summed E-state index contributed by atoms with van der Waals surface area (Å²) in [5, 5.41) is 6.77. The van der Waals surface area contributed by atoms with Crippen molar-refractivity contribution in [2.24, 2.45) is 5.92 Å². The third-order valence-corrected chi connectivity index (χ3v) is 7.78. The molecule has 1 saturated heterocycles. The Bertz CT molecular complexity index is 1250. The van der Waals surface area contributed by atoms with Crippen molar-refractivity contribution in [1.82, 2.24) is 14.8 Å². The molecule has 4 rings (SSSR count). The van der Waals surface area contributed by atoms with Crippen molar-refractivity contribution >= 4 is 28.1 Å². The summed E-state index contributed by atoms with van der Waals surface area (Å²) in [6, 6.07) is 10.9. The molecule has 0 spiro atoms. The Morgan fingerprint density at radius 1 is 1.26 bits per heavy atom. The molecular weight excluding hydrogens is 458 g/mol. The van der Waals surface area contributed by atoms with E-state index in [1.54, 1.807) is 32.2 Å². The van der Waals surface area contributed by atoms with E-state index in [-0.39, 0.29) is 28.8 Å². The van der Waals surface area contributed by atoms with Gasteiger partial charge in [-0.15, -0.1) is 0 Å². The number of benzene rings is 1. The first kappa shape index (κ1) is 23.8. The number of piperidine rings is 1. The number of carbonyl (C=O) groups is 1. The number of hydrogen-bond acceptors (Lipinski definition) is 7. The zero-order chi connectivity index (χ0) is 24.1. The molecule has 9 nitrogen and oxygen atoms in total. The van der Waals surface area contributed by atoms with E-state index in [4.69, 9.17) is 13.7 Å². The quantitative estimate of drug-likeness (QED) is 0.519. The third-order valence-electron chi connectivity index (χ3n) is 5.75. The number of sulfonamides is 1. The SMILES string of the molecule is COc1ccc(CNC(=O)C2CCCN(S(=O)(=O)c3c(C)noc3C=Cc3ccco3)C2)cc1. The van der Waals surface area contributed by atoms with Crippen LogP contribution in [0.1, 0.15) is 35.6 Å². The fourth-order valence-electron chi connectivity index (χ4n) is 3.92. The third kappa shape index (κ3) is 5.23. The number of methoxy groups -OCH3 is 1. The van der Waals surface area contributed by atoms with Gasteiger partial charge in [0, 0.05) is 19.6 Å². The highest BCUT2D eigenvalue weighted by atomic mass is 32.2. The molecule has 1 atom stereocenters. The summed E-state index contributed by atoms with van der Waals surface area (Å²) in [4.78, 5) is 12.8. The molecule has 34 heavy (non-hydrogen) atoms. The van der Waals surface area contributed by atoms with Crippen LogP contribution in [0.15, 0.2) is 56.5 Å². The molecule has 10 heteroatoms. The molecule has 1 unspecified atom stereocenters. The molecule has 2 aromatic heterocycles. The van der Waals surface area contributed by atoms with Gasteiger partial charge in [0.05, 0.1) is 19.3 Å². The minimum atomic E-state index is -3.91. The largest absolute Gasteiger partial charge is 0.497 e. The average molecular weight is 486 g/mol. The van der Waals surface area contributed by atoms with E-state index >= 15 is 0 Å². The number of ether oxygens (including phenoxy) is 1. The summed E-state index contributed by atoms with van der Waals surface area (Å²) >= 11 is 0. The molecule has 1 aliphatic rings. The standard InChI is InChI=1S/C24H27N3O6S/c1-17-23(22(33-26-17)12-11-21-6-4-14-32-21)34(29,30)27-13-3-5-19(16-27)24(28)25-15-18-7-9-20(31-2)10-8-18/h4,6-12,14,19H,3,5,13,15-16H2,1-2H3,(H,25,28). The molecule has 1 amide bonds. The summed E-state index contributed by atoms with van der Waals surface area (Å²) in [6.07, 6.45) is 5.87. The van der Waals surface area contributed by atoms with Gasteiger partial charge < -0.3 is 19.0 Å². The van der Waals surface area contributed by atoms with Crippen molar-refractivity contribution in [3.63, 3.8) is 0 Å². The molecule has 1 fully saturated rings. The molecular formula is C24H27N3O6S. The van der Waals surface area contributed by atoms with Crippen LogP contribution >= 0.6 is 0 Å². The first-order valence-electron chi connectivity index (χ1n) is 11.0. The topological polar surface area (TPSA) is 115 Å². The van der Waals surface area contributed by atoms with Crippen molar-refractivity contribution in [2.45, 2.75) is 31.2 Å². The van der Waals surface area contributed by atoms with Crippen molar-refractivity contribution in [3.8, 4) is 5.75 Å². The highest BCUT2D eigenvalue weighted by Gasteiger charge is 2.36. The Balaban J connectivity index is 1.45. The van der Waals surface area contributed by atoms with Crippen LogP contribution in [0.3, 0.4) is 0 Å². The Labute approximate surface area is 198 Å². The predicted octanol–water partition coefficient (Wildman–Crippen LogP) is 3.47. The van der Waals surface area contributed by atoms with E-state index in [1.807, 2.05) is 24.3 Å². The zero-order valence-corrected chi connectivity index (χ0v) is 19.9. The Kier molecular flexibility index (Phi) is 7.18. The maximum absolute atomic E-state index is 13.5. The van der Waals surface area contributed by atoms with E-state index in [9.17, 15) is 13.2 Å². The molecule has 3 aromatic rings. The number of carbonyl (C=O) groups excluding carboxylic acids is 1. The molecule has 0 saturated carbocycles. The first-order chi connectivity index (χ1) is 16.4. The highest BCUT2D eigenvalue weighted by Crippen LogP contribution is 2.29. The van der Waals surface area contributed by atoms with E-state index in [2.05, 4.69) is 10.5 Å². The number of aromatic nitrogens is 1. The number of nitrogens with one attached hydrogen (secondary N) is 1. The van der Waals surface area contributed by atoms with Crippen molar-refractivity contribution in [2.75, 3.05) is 20.2 Å². The minimum Gasteiger partial charge on any atom is -0.497 e. The van der Waals surface area contributed by atoms with Crippen LogP contribution < -0.4 is 10.1 Å². The predicted molar refractivity (Wildman–Crippen MR) is 125 cm³/mol. The van der Waals surface area contributed by atoms with Crippen LogP contribution in [-0.2, 0) is 21.4 Å². The van der Waals surface area contributed by atoms with Gasteiger partial charge in [0.2, 0.25) is 15.9 Å². The molecule has 1 aromatic carbocycles. The van der Waals surface area contributed by atoms with Crippen LogP contribution in [0, 0.1) is 12.8 Å². The number of nitrogens with zero attached hydrogens (tertiary/aromatic N) is 2. The Morgan fingerprint density at radius 2 is 2.06 bits per heavy atom. The lowest BCUT2D eigenvalue weighted by Crippen LogP contribution is -2.45. The lowest BCUT2D eigenvalue weighted by Gasteiger charge is -2.31. The van der Waals surface area contributed by atoms with E-state index < -0.39 is 15.9 Å². The van der Waals surface area contributed by atoms with Crippen LogP contribution in [0.2, 0.25) is 0 Å². The molecule has 180 valence electrons. The lowest BCUT2D eigenvalue weighted by molar-refractivity contribution is -0.126. The van der Waals surface area contributed by atoms with Gasteiger partial charge in [-0.05, 0) is 61.7 Å². The van der Waals surface area contributed by atoms with E-state index in [1.165, 1.54) is 16.6 Å². The molecule has 0 radical (unpaired) electrons. The van der Waals surface area contributed by atoms with Crippen LogP contribution in [-0.4, -0.2) is 44.0 Å². The summed E-state index contributed by atoms with van der Waals surface area (Å²) < 4.78 is 44.0. The van der Waals surface area contributed by atoms with Gasteiger partial charge in [-0.2, -0.15) is 4.31 Å². The van der Waals surface area contributed by atoms with Gasteiger partial charge in [0.1, 0.15) is 17.2 Å². The maximum Gasteiger partial charge on any atom is 0.248 e. The molecule has 3 heterocycles. The zero-order valence-electron chi connectivity index (χ0n) is 19.1. The monoisotopic (exact) mass is 485 g/mol. The number of hydrogen-bond donors (Lipinski definition) is 1. The summed E-state index contributed by atoms with van der Waals surface area (Å²) in [7, 11) is -2.31. The average Bonchev–Trinajstić information content (AvgIpc) is 3.51. The van der Waals surface area contributed by atoms with Gasteiger partial charge in [-0.25, -0.2) is 8.42 Å². The van der Waals surface area contributed by atoms with Crippen molar-refractivity contribution < 1.29 is 26.9 Å². The smallest absolute Gasteiger partial charge is 0.248 e. The van der Waals surface area contributed by atoms with Gasteiger partial charge >= 0.3 is 0 Å². The molecule has 0 bridgehead atoms. The van der Waals surface area contributed by atoms with Crippen molar-refractivity contribution in [3.05, 3.63) is 65.4 Å². The fraction of sp³-hybridized carbons (Fsp3) is 0.333. The Hall–Kier alpha value is -3.37. The second-order valence-corrected chi connectivity index (χ2v) is 9.95. The maximum atomic E-state index is 13.5. The van der Waals surface area contributed by atoms with Gasteiger partial charge in [0.15, 0.2) is 10.7 Å². The van der Waals surface area contributed by atoms with Crippen LogP contribution in [0.4, 0.5) is 0 Å². The first-order valence-corrected chi connectivity index (χ1v) is 12.4.